The number of hydrogen-bond donors (Lipinski definition) is 1. The highest BCUT2D eigenvalue weighted by atomic mass is 32.1. The summed E-state index contributed by atoms with van der Waals surface area (Å²) in [4.78, 5) is 21.8. The number of rotatable bonds is 4. The Morgan fingerprint density at radius 3 is 2.65 bits per heavy atom. The van der Waals surface area contributed by atoms with Gasteiger partial charge in [-0.3, -0.25) is 14.7 Å². The van der Waals surface area contributed by atoms with Crippen molar-refractivity contribution in [1.82, 2.24) is 14.8 Å². The molecule has 138 valence electrons. The number of pyridine rings is 1. The van der Waals surface area contributed by atoms with Crippen LogP contribution in [0.5, 0.6) is 0 Å². The molecule has 0 aliphatic carbocycles. The van der Waals surface area contributed by atoms with E-state index in [1.54, 1.807) is 0 Å². The highest BCUT2D eigenvalue weighted by Gasteiger charge is 2.36. The molecule has 2 atom stereocenters. The summed E-state index contributed by atoms with van der Waals surface area (Å²) in [6.07, 6.45) is 6.24. The minimum absolute atomic E-state index is 0.162. The topological polar surface area (TPSA) is 56.7 Å². The monoisotopic (exact) mass is 371 g/mol. The second-order valence-electron chi connectivity index (χ2n) is 7.34. The van der Waals surface area contributed by atoms with E-state index in [-0.39, 0.29) is 17.9 Å². The highest BCUT2D eigenvalue weighted by Crippen LogP contribution is 2.27. The van der Waals surface area contributed by atoms with Crippen LogP contribution in [0.15, 0.2) is 42.0 Å². The molecular weight excluding hydrogens is 346 g/mol. The predicted octanol–water partition coefficient (Wildman–Crippen LogP) is 2.28. The Bertz CT molecular complexity index is 714. The van der Waals surface area contributed by atoms with Gasteiger partial charge in [0.05, 0.1) is 11.0 Å². The molecule has 4 rings (SSSR count). The highest BCUT2D eigenvalue weighted by molar-refractivity contribution is 7.12. The van der Waals surface area contributed by atoms with Crippen molar-refractivity contribution in [2.45, 2.75) is 31.4 Å². The Kier molecular flexibility index (Phi) is 5.33. The number of aliphatic hydroxyl groups excluding tert-OH is 1. The second kappa shape index (κ2) is 7.86. The summed E-state index contributed by atoms with van der Waals surface area (Å²) in [5.74, 6) is 0.443. The lowest BCUT2D eigenvalue weighted by molar-refractivity contribution is 0.0632. The largest absolute Gasteiger partial charge is 0.391 e. The molecule has 1 amide bonds. The van der Waals surface area contributed by atoms with Crippen LogP contribution in [0.3, 0.4) is 0 Å². The normalized spacial score (nSPS) is 24.9. The third kappa shape index (κ3) is 3.82. The summed E-state index contributed by atoms with van der Waals surface area (Å²) < 4.78 is 0. The lowest BCUT2D eigenvalue weighted by Crippen LogP contribution is -2.46. The molecule has 2 aromatic heterocycles. The van der Waals surface area contributed by atoms with Crippen LogP contribution in [0.4, 0.5) is 0 Å². The molecular formula is C20H25N3O2S. The average Bonchev–Trinajstić information content (AvgIpc) is 3.33. The molecule has 2 fully saturated rings. The van der Waals surface area contributed by atoms with E-state index in [1.165, 1.54) is 16.9 Å². The molecule has 5 nitrogen and oxygen atoms in total. The first kappa shape index (κ1) is 17.6. The Hall–Kier alpha value is -1.76. The molecule has 2 aliphatic heterocycles. The molecule has 0 spiro atoms. The molecule has 26 heavy (non-hydrogen) atoms. The Morgan fingerprint density at radius 1 is 1.19 bits per heavy atom. The first-order valence-electron chi connectivity index (χ1n) is 9.34. The summed E-state index contributed by atoms with van der Waals surface area (Å²) in [7, 11) is 0. The Labute approximate surface area is 158 Å². The SMILES string of the molecule is O=C(c1cccs1)N1CCC(N2C[C@@H](Cc3ccncc3)[C@@H](O)C2)CC1. The lowest BCUT2D eigenvalue weighted by Gasteiger charge is -2.36. The summed E-state index contributed by atoms with van der Waals surface area (Å²) in [6, 6.07) is 8.37. The molecule has 4 heterocycles. The molecule has 2 aliphatic rings. The van der Waals surface area contributed by atoms with Crippen LogP contribution in [0.2, 0.25) is 0 Å². The third-order valence-electron chi connectivity index (χ3n) is 5.68. The summed E-state index contributed by atoms with van der Waals surface area (Å²) in [5, 5.41) is 12.4. The fraction of sp³-hybridized carbons (Fsp3) is 0.500. The first-order valence-corrected chi connectivity index (χ1v) is 10.2. The maximum Gasteiger partial charge on any atom is 0.263 e. The van der Waals surface area contributed by atoms with Crippen molar-refractivity contribution in [1.29, 1.82) is 0 Å². The summed E-state index contributed by atoms with van der Waals surface area (Å²) in [6.45, 7) is 3.30. The number of aromatic nitrogens is 1. The van der Waals surface area contributed by atoms with Crippen LogP contribution in [0.25, 0.3) is 0 Å². The van der Waals surface area contributed by atoms with Crippen LogP contribution in [0.1, 0.15) is 28.1 Å². The van der Waals surface area contributed by atoms with E-state index < -0.39 is 0 Å². The zero-order chi connectivity index (χ0) is 17.9. The van der Waals surface area contributed by atoms with E-state index in [0.717, 1.165) is 50.3 Å². The number of hydrogen-bond acceptors (Lipinski definition) is 5. The lowest BCUT2D eigenvalue weighted by atomic mass is 9.97. The molecule has 0 radical (unpaired) electrons. The number of nitrogens with zero attached hydrogens (tertiary/aromatic N) is 3. The molecule has 2 aromatic rings. The number of carbonyl (C=O) groups excluding carboxylic acids is 1. The fourth-order valence-corrected chi connectivity index (χ4v) is 4.89. The van der Waals surface area contributed by atoms with Crippen LogP contribution in [-0.2, 0) is 6.42 Å². The summed E-state index contributed by atoms with van der Waals surface area (Å²) >= 11 is 1.51. The van der Waals surface area contributed by atoms with Gasteiger partial charge in [0.2, 0.25) is 0 Å². The molecule has 0 bridgehead atoms. The van der Waals surface area contributed by atoms with Gasteiger partial charge in [0.15, 0.2) is 0 Å². The van der Waals surface area contributed by atoms with E-state index in [4.69, 9.17) is 0 Å². The van der Waals surface area contributed by atoms with Gasteiger partial charge in [-0.05, 0) is 48.4 Å². The van der Waals surface area contributed by atoms with E-state index >= 15 is 0 Å². The summed E-state index contributed by atoms with van der Waals surface area (Å²) in [5.41, 5.74) is 1.24. The van der Waals surface area contributed by atoms with Gasteiger partial charge in [0.25, 0.3) is 5.91 Å². The van der Waals surface area contributed by atoms with Crippen LogP contribution in [0, 0.1) is 5.92 Å². The van der Waals surface area contributed by atoms with Gasteiger partial charge in [-0.15, -0.1) is 11.3 Å². The number of amides is 1. The van der Waals surface area contributed by atoms with E-state index in [9.17, 15) is 9.90 Å². The zero-order valence-corrected chi connectivity index (χ0v) is 15.6. The second-order valence-corrected chi connectivity index (χ2v) is 8.29. The van der Waals surface area contributed by atoms with Gasteiger partial charge in [0, 0.05) is 50.5 Å². The van der Waals surface area contributed by atoms with Crippen molar-refractivity contribution in [3.05, 3.63) is 52.5 Å². The number of carbonyl (C=O) groups is 1. The average molecular weight is 372 g/mol. The molecule has 6 heteroatoms. The quantitative estimate of drug-likeness (QED) is 0.896. The van der Waals surface area contributed by atoms with Crippen LogP contribution in [-0.4, -0.2) is 64.1 Å². The third-order valence-corrected chi connectivity index (χ3v) is 6.54. The van der Waals surface area contributed by atoms with Crippen molar-refractivity contribution < 1.29 is 9.90 Å². The van der Waals surface area contributed by atoms with Gasteiger partial charge in [-0.2, -0.15) is 0 Å². The molecule has 0 unspecified atom stereocenters. The first-order chi connectivity index (χ1) is 12.7. The predicted molar refractivity (Wildman–Crippen MR) is 102 cm³/mol. The molecule has 2 saturated heterocycles. The minimum Gasteiger partial charge on any atom is -0.391 e. The molecule has 0 aromatic carbocycles. The number of β-amino-alcohol motifs (C(OH)–C–C–N with tert-alkyl or cyclic N) is 1. The van der Waals surface area contributed by atoms with Crippen molar-refractivity contribution in [3.8, 4) is 0 Å². The van der Waals surface area contributed by atoms with Gasteiger partial charge >= 0.3 is 0 Å². The maximum atomic E-state index is 12.5. The van der Waals surface area contributed by atoms with E-state index in [1.807, 2.05) is 46.9 Å². The smallest absolute Gasteiger partial charge is 0.263 e. The van der Waals surface area contributed by atoms with Crippen molar-refractivity contribution in [2.24, 2.45) is 5.92 Å². The maximum absolute atomic E-state index is 12.5. The van der Waals surface area contributed by atoms with Gasteiger partial charge in [0.1, 0.15) is 0 Å². The number of piperidine rings is 1. The Morgan fingerprint density at radius 2 is 1.96 bits per heavy atom. The molecule has 1 N–H and O–H groups in total. The molecule has 0 saturated carbocycles. The number of likely N-dealkylation sites (tertiary alicyclic amines) is 2. The fourth-order valence-electron chi connectivity index (χ4n) is 4.20. The number of thiophene rings is 1. The van der Waals surface area contributed by atoms with E-state index in [0.29, 0.717) is 6.04 Å². The van der Waals surface area contributed by atoms with Crippen molar-refractivity contribution >= 4 is 17.2 Å². The van der Waals surface area contributed by atoms with Gasteiger partial charge in [-0.1, -0.05) is 6.07 Å². The van der Waals surface area contributed by atoms with Crippen molar-refractivity contribution in [2.75, 3.05) is 26.2 Å². The van der Waals surface area contributed by atoms with Crippen LogP contribution < -0.4 is 0 Å². The number of aliphatic hydroxyl groups is 1. The van der Waals surface area contributed by atoms with Crippen LogP contribution >= 0.6 is 11.3 Å². The zero-order valence-electron chi connectivity index (χ0n) is 14.8. The van der Waals surface area contributed by atoms with Gasteiger partial charge < -0.3 is 10.0 Å². The van der Waals surface area contributed by atoms with Crippen molar-refractivity contribution in [3.63, 3.8) is 0 Å². The standard InChI is InChI=1S/C20H25N3O2S/c24-18-14-23(13-16(18)12-15-3-7-21-8-4-15)17-5-9-22(10-6-17)20(25)19-2-1-11-26-19/h1-4,7-8,11,16-18,24H,5-6,9-10,12-14H2/t16-,18+/m1/s1. The minimum atomic E-state index is -0.269. The Balaban J connectivity index is 1.30. The van der Waals surface area contributed by atoms with E-state index in [2.05, 4.69) is 9.88 Å². The van der Waals surface area contributed by atoms with Gasteiger partial charge in [-0.25, -0.2) is 0 Å².